The van der Waals surface area contributed by atoms with Crippen molar-refractivity contribution in [1.82, 2.24) is 19.4 Å². The van der Waals surface area contributed by atoms with Crippen LogP contribution in [-0.4, -0.2) is 19.4 Å². The summed E-state index contributed by atoms with van der Waals surface area (Å²) in [6, 6.07) is 22.3. The maximum absolute atomic E-state index is 5.12. The summed E-state index contributed by atoms with van der Waals surface area (Å²) in [7, 11) is 0. The summed E-state index contributed by atoms with van der Waals surface area (Å²) >= 11 is 0. The van der Waals surface area contributed by atoms with Crippen LogP contribution in [0.25, 0.3) is 60.6 Å². The molecule has 3 aromatic carbocycles. The second kappa shape index (κ2) is 6.10. The molecule has 0 fully saturated rings. The number of benzene rings is 3. The predicted octanol–water partition coefficient (Wildman–Crippen LogP) is 6.73. The molecule has 4 heterocycles. The van der Waals surface area contributed by atoms with E-state index < -0.39 is 0 Å². The van der Waals surface area contributed by atoms with Gasteiger partial charge in [0.1, 0.15) is 11.2 Å². The molecule has 2 aliphatic rings. The summed E-state index contributed by atoms with van der Waals surface area (Å²) < 4.78 is 2.29. The lowest BCUT2D eigenvalue weighted by atomic mass is 9.95. The quantitative estimate of drug-likeness (QED) is 0.243. The Morgan fingerprint density at radius 3 is 2.43 bits per heavy atom. The van der Waals surface area contributed by atoms with Crippen LogP contribution in [0.1, 0.15) is 22.3 Å². The highest BCUT2D eigenvalue weighted by molar-refractivity contribution is 6.17. The molecule has 0 radical (unpaired) electrons. The first-order valence-corrected chi connectivity index (χ1v) is 12.0. The standard InChI is InChI=1S/C31H18N4/c1-2-4-19-17(3-1)13-18-5-6-20-21-7-8-22-25-15-32-11-9-27(25)35-28-10-12-33-16-26(28)34-31(35)30(22)24(21)14-23(20)29(18)19/h1-12,15-16H,13-14H2. The summed E-state index contributed by atoms with van der Waals surface area (Å²) in [5.74, 6) is 0. The smallest absolute Gasteiger partial charge is 0.146 e. The van der Waals surface area contributed by atoms with Crippen molar-refractivity contribution in [2.75, 3.05) is 0 Å². The van der Waals surface area contributed by atoms with Gasteiger partial charge in [0.2, 0.25) is 0 Å². The number of fused-ring (bicyclic) bond motifs is 16. The van der Waals surface area contributed by atoms with E-state index in [0.29, 0.717) is 0 Å². The molecule has 7 aromatic rings. The molecule has 0 bridgehead atoms. The van der Waals surface area contributed by atoms with Gasteiger partial charge in [0.15, 0.2) is 0 Å². The molecule has 0 saturated carbocycles. The van der Waals surface area contributed by atoms with Crippen LogP contribution in [0.3, 0.4) is 0 Å². The topological polar surface area (TPSA) is 43.1 Å². The van der Waals surface area contributed by atoms with E-state index in [1.54, 1.807) is 0 Å². The predicted molar refractivity (Wildman–Crippen MR) is 140 cm³/mol. The third-order valence-corrected chi connectivity index (χ3v) is 8.03. The van der Waals surface area contributed by atoms with Gasteiger partial charge in [-0.15, -0.1) is 0 Å². The van der Waals surface area contributed by atoms with Crippen molar-refractivity contribution < 1.29 is 0 Å². The Morgan fingerprint density at radius 1 is 0.629 bits per heavy atom. The van der Waals surface area contributed by atoms with Gasteiger partial charge < -0.3 is 0 Å². The summed E-state index contributed by atoms with van der Waals surface area (Å²) in [4.78, 5) is 14.0. The maximum atomic E-state index is 5.12. The molecule has 9 rings (SSSR count). The Balaban J connectivity index is 1.44. The van der Waals surface area contributed by atoms with E-state index in [9.17, 15) is 0 Å². The van der Waals surface area contributed by atoms with Crippen LogP contribution in [0.2, 0.25) is 0 Å². The van der Waals surface area contributed by atoms with Crippen molar-refractivity contribution >= 4 is 38.4 Å². The second-order valence-corrected chi connectivity index (χ2v) is 9.68. The van der Waals surface area contributed by atoms with Crippen molar-refractivity contribution in [2.24, 2.45) is 0 Å². The number of nitrogens with zero attached hydrogens (tertiary/aromatic N) is 4. The molecule has 0 aliphatic heterocycles. The fourth-order valence-electron chi connectivity index (χ4n) is 6.61. The summed E-state index contributed by atoms with van der Waals surface area (Å²) in [6.45, 7) is 0. The van der Waals surface area contributed by atoms with Gasteiger partial charge in [-0.3, -0.25) is 14.4 Å². The lowest BCUT2D eigenvalue weighted by molar-refractivity contribution is 1.24. The SMILES string of the molecule is c1ccc2c(c1)Cc1ccc3c(c1-2)Cc1c-3ccc2c3cnccc3n3c4ccncc4nc3c12. The van der Waals surface area contributed by atoms with Crippen molar-refractivity contribution in [3.63, 3.8) is 0 Å². The maximum Gasteiger partial charge on any atom is 0.146 e. The van der Waals surface area contributed by atoms with E-state index in [1.165, 1.54) is 55.3 Å². The highest BCUT2D eigenvalue weighted by atomic mass is 15.0. The van der Waals surface area contributed by atoms with Crippen LogP contribution < -0.4 is 0 Å². The molecule has 4 nitrogen and oxygen atoms in total. The fraction of sp³-hybridized carbons (Fsp3) is 0.0645. The third-order valence-electron chi connectivity index (χ3n) is 8.03. The van der Waals surface area contributed by atoms with Crippen LogP contribution in [0.5, 0.6) is 0 Å². The van der Waals surface area contributed by atoms with Crippen molar-refractivity contribution in [1.29, 1.82) is 0 Å². The lowest BCUT2D eigenvalue weighted by Crippen LogP contribution is -1.95. The monoisotopic (exact) mass is 446 g/mol. The fourth-order valence-corrected chi connectivity index (χ4v) is 6.61. The molecule has 0 unspecified atom stereocenters. The molecule has 0 N–H and O–H groups in total. The molecule has 0 atom stereocenters. The molecular weight excluding hydrogens is 428 g/mol. The summed E-state index contributed by atoms with van der Waals surface area (Å²) in [6.07, 6.45) is 9.51. The zero-order chi connectivity index (χ0) is 22.7. The molecule has 2 aliphatic carbocycles. The molecule has 0 saturated heterocycles. The van der Waals surface area contributed by atoms with Gasteiger partial charge in [0, 0.05) is 35.8 Å². The first-order chi connectivity index (χ1) is 17.4. The molecular formula is C31H18N4. The minimum Gasteiger partial charge on any atom is -0.291 e. The Bertz CT molecular complexity index is 2070. The first kappa shape index (κ1) is 17.8. The van der Waals surface area contributed by atoms with E-state index in [4.69, 9.17) is 4.98 Å². The zero-order valence-corrected chi connectivity index (χ0v) is 18.8. The largest absolute Gasteiger partial charge is 0.291 e. The van der Waals surface area contributed by atoms with Gasteiger partial charge in [-0.1, -0.05) is 48.5 Å². The number of pyridine rings is 3. The van der Waals surface area contributed by atoms with E-state index in [1.807, 2.05) is 24.8 Å². The minimum atomic E-state index is 0.918. The molecule has 4 heteroatoms. The molecule has 4 aromatic heterocycles. The average Bonchev–Trinajstić information content (AvgIpc) is 3.59. The van der Waals surface area contributed by atoms with Gasteiger partial charge in [-0.05, 0) is 68.4 Å². The summed E-state index contributed by atoms with van der Waals surface area (Å²) in [5, 5.41) is 3.60. The van der Waals surface area contributed by atoms with Gasteiger partial charge in [0.25, 0.3) is 0 Å². The van der Waals surface area contributed by atoms with Crippen LogP contribution in [0, 0.1) is 0 Å². The second-order valence-electron chi connectivity index (χ2n) is 9.68. The molecule has 35 heavy (non-hydrogen) atoms. The van der Waals surface area contributed by atoms with Crippen LogP contribution >= 0.6 is 0 Å². The number of rotatable bonds is 0. The highest BCUT2D eigenvalue weighted by Gasteiger charge is 2.30. The Morgan fingerprint density at radius 2 is 1.46 bits per heavy atom. The lowest BCUT2D eigenvalue weighted by Gasteiger charge is -2.12. The van der Waals surface area contributed by atoms with Gasteiger partial charge in [0.05, 0.1) is 17.2 Å². The van der Waals surface area contributed by atoms with Gasteiger partial charge >= 0.3 is 0 Å². The molecule has 0 amide bonds. The zero-order valence-electron chi connectivity index (χ0n) is 18.8. The number of imidazole rings is 1. The number of hydrogen-bond donors (Lipinski definition) is 0. The number of hydrogen-bond acceptors (Lipinski definition) is 3. The van der Waals surface area contributed by atoms with Crippen molar-refractivity contribution in [2.45, 2.75) is 12.8 Å². The van der Waals surface area contributed by atoms with Crippen molar-refractivity contribution in [3.05, 3.63) is 108 Å². The highest BCUT2D eigenvalue weighted by Crippen LogP contribution is 2.50. The van der Waals surface area contributed by atoms with E-state index >= 15 is 0 Å². The Kier molecular flexibility index (Phi) is 3.11. The van der Waals surface area contributed by atoms with E-state index in [-0.39, 0.29) is 0 Å². The normalized spacial score (nSPS) is 13.5. The molecule has 162 valence electrons. The van der Waals surface area contributed by atoms with Gasteiger partial charge in [-0.2, -0.15) is 0 Å². The van der Waals surface area contributed by atoms with Gasteiger partial charge in [-0.25, -0.2) is 4.98 Å². The van der Waals surface area contributed by atoms with Crippen LogP contribution in [-0.2, 0) is 12.8 Å². The number of aromatic nitrogens is 4. The Hall–Kier alpha value is -4.57. The van der Waals surface area contributed by atoms with Crippen molar-refractivity contribution in [3.8, 4) is 22.3 Å². The third kappa shape index (κ3) is 2.11. The summed E-state index contributed by atoms with van der Waals surface area (Å²) in [5.41, 5.74) is 15.4. The first-order valence-electron chi connectivity index (χ1n) is 12.0. The average molecular weight is 447 g/mol. The molecule has 0 spiro atoms. The van der Waals surface area contributed by atoms with Crippen LogP contribution in [0.4, 0.5) is 0 Å². The van der Waals surface area contributed by atoms with E-state index in [0.717, 1.165) is 40.4 Å². The minimum absolute atomic E-state index is 0.918. The van der Waals surface area contributed by atoms with E-state index in [2.05, 4.69) is 75.0 Å². The Labute approximate surface area is 200 Å². The van der Waals surface area contributed by atoms with Crippen LogP contribution in [0.15, 0.2) is 85.5 Å².